The van der Waals surface area contributed by atoms with Crippen molar-refractivity contribution < 1.29 is 4.79 Å². The molecular formula is C22H32N6OS. The summed E-state index contributed by atoms with van der Waals surface area (Å²) in [6, 6.07) is 6.39. The smallest absolute Gasteiger partial charge is 0.315 e. The molecule has 2 aromatic heterocycles. The van der Waals surface area contributed by atoms with Crippen LogP contribution in [0.25, 0.3) is 0 Å². The van der Waals surface area contributed by atoms with Crippen LogP contribution in [0.15, 0.2) is 36.0 Å². The summed E-state index contributed by atoms with van der Waals surface area (Å²) in [6.45, 7) is 6.84. The molecule has 7 nitrogen and oxygen atoms in total. The van der Waals surface area contributed by atoms with Crippen LogP contribution >= 0.6 is 11.3 Å². The normalized spacial score (nSPS) is 21.9. The van der Waals surface area contributed by atoms with Gasteiger partial charge in [-0.2, -0.15) is 0 Å². The van der Waals surface area contributed by atoms with E-state index < -0.39 is 0 Å². The maximum absolute atomic E-state index is 12.7. The Morgan fingerprint density at radius 2 is 2.00 bits per heavy atom. The van der Waals surface area contributed by atoms with Crippen molar-refractivity contribution in [1.82, 2.24) is 25.5 Å². The number of thiophene rings is 1. The standard InChI is InChI=1S/C22H32N6OS/c1-17-7-12-27(13-8-17)19(20-6-3-14-30-20)15-25-22(29)26-18-5-2-11-28(16-18)21-23-9-4-10-24-21/h3-4,6,9-10,14,17-19H,2,5,7-8,11-13,15-16H2,1H3,(H2,25,26,29). The Balaban J connectivity index is 1.30. The second-order valence-electron chi connectivity index (χ2n) is 8.44. The second-order valence-corrected chi connectivity index (χ2v) is 9.42. The van der Waals surface area contributed by atoms with Gasteiger partial charge in [0.2, 0.25) is 5.95 Å². The van der Waals surface area contributed by atoms with Gasteiger partial charge in [0.25, 0.3) is 0 Å². The molecule has 2 saturated heterocycles. The molecule has 0 saturated carbocycles. The van der Waals surface area contributed by atoms with Crippen molar-refractivity contribution in [3.63, 3.8) is 0 Å². The zero-order chi connectivity index (χ0) is 20.8. The van der Waals surface area contributed by atoms with E-state index in [0.29, 0.717) is 6.54 Å². The van der Waals surface area contributed by atoms with Gasteiger partial charge in [0.05, 0.1) is 6.04 Å². The van der Waals surface area contributed by atoms with Crippen LogP contribution in [0.1, 0.15) is 43.5 Å². The first-order valence-electron chi connectivity index (χ1n) is 11.0. The lowest BCUT2D eigenvalue weighted by Gasteiger charge is -2.36. The van der Waals surface area contributed by atoms with E-state index in [1.807, 2.05) is 6.07 Å². The molecule has 2 atom stereocenters. The van der Waals surface area contributed by atoms with Crippen molar-refractivity contribution in [3.8, 4) is 0 Å². The van der Waals surface area contributed by atoms with E-state index in [2.05, 4.69) is 54.8 Å². The summed E-state index contributed by atoms with van der Waals surface area (Å²) >= 11 is 1.78. The summed E-state index contributed by atoms with van der Waals surface area (Å²) in [5.41, 5.74) is 0. The van der Waals surface area contributed by atoms with Gasteiger partial charge in [0, 0.05) is 42.9 Å². The molecule has 2 aliphatic rings. The summed E-state index contributed by atoms with van der Waals surface area (Å²) < 4.78 is 0. The number of carbonyl (C=O) groups is 1. The monoisotopic (exact) mass is 428 g/mol. The van der Waals surface area contributed by atoms with Crippen molar-refractivity contribution in [3.05, 3.63) is 40.8 Å². The highest BCUT2D eigenvalue weighted by molar-refractivity contribution is 7.10. The molecule has 0 bridgehead atoms. The van der Waals surface area contributed by atoms with E-state index in [4.69, 9.17) is 0 Å². The van der Waals surface area contributed by atoms with Crippen LogP contribution in [0.4, 0.5) is 10.7 Å². The number of amides is 2. The predicted octanol–water partition coefficient (Wildman–Crippen LogP) is 3.28. The van der Waals surface area contributed by atoms with E-state index >= 15 is 0 Å². The lowest BCUT2D eigenvalue weighted by Crippen LogP contribution is -2.52. The highest BCUT2D eigenvalue weighted by atomic mass is 32.1. The fourth-order valence-corrected chi connectivity index (χ4v) is 5.25. The largest absolute Gasteiger partial charge is 0.339 e. The van der Waals surface area contributed by atoms with Crippen molar-refractivity contribution >= 4 is 23.3 Å². The molecule has 4 heterocycles. The van der Waals surface area contributed by atoms with Gasteiger partial charge in [-0.3, -0.25) is 4.90 Å². The number of urea groups is 1. The van der Waals surface area contributed by atoms with Gasteiger partial charge in [-0.1, -0.05) is 13.0 Å². The van der Waals surface area contributed by atoms with Gasteiger partial charge in [-0.05, 0) is 62.2 Å². The van der Waals surface area contributed by atoms with Crippen molar-refractivity contribution in [2.45, 2.75) is 44.7 Å². The average molecular weight is 429 g/mol. The van der Waals surface area contributed by atoms with Crippen molar-refractivity contribution in [2.75, 3.05) is 37.6 Å². The van der Waals surface area contributed by atoms with E-state index in [1.165, 1.54) is 17.7 Å². The lowest BCUT2D eigenvalue weighted by molar-refractivity contribution is 0.137. The lowest BCUT2D eigenvalue weighted by atomic mass is 9.97. The van der Waals surface area contributed by atoms with Crippen LogP contribution in [0.3, 0.4) is 0 Å². The van der Waals surface area contributed by atoms with Crippen LogP contribution in [0.2, 0.25) is 0 Å². The van der Waals surface area contributed by atoms with E-state index in [9.17, 15) is 4.79 Å². The highest BCUT2D eigenvalue weighted by Gasteiger charge is 2.27. The number of rotatable bonds is 6. The minimum Gasteiger partial charge on any atom is -0.339 e. The third-order valence-corrected chi connectivity index (χ3v) is 7.15. The first kappa shape index (κ1) is 21.1. The number of hydrogen-bond acceptors (Lipinski definition) is 6. The summed E-state index contributed by atoms with van der Waals surface area (Å²) in [7, 11) is 0. The summed E-state index contributed by atoms with van der Waals surface area (Å²) in [5.74, 6) is 1.53. The molecular weight excluding hydrogens is 396 g/mol. The molecule has 0 aromatic carbocycles. The Morgan fingerprint density at radius 1 is 1.20 bits per heavy atom. The Bertz CT molecular complexity index is 778. The number of nitrogens with zero attached hydrogens (tertiary/aromatic N) is 4. The fraction of sp³-hybridized carbons (Fsp3) is 0.591. The zero-order valence-corrected chi connectivity index (χ0v) is 18.5. The number of piperidine rings is 2. The van der Waals surface area contributed by atoms with Crippen LogP contribution < -0.4 is 15.5 Å². The van der Waals surface area contributed by atoms with Crippen LogP contribution in [-0.2, 0) is 0 Å². The number of likely N-dealkylation sites (tertiary alicyclic amines) is 1. The van der Waals surface area contributed by atoms with Crippen molar-refractivity contribution in [2.24, 2.45) is 5.92 Å². The number of anilines is 1. The molecule has 2 aliphatic heterocycles. The van der Waals surface area contributed by atoms with Gasteiger partial charge in [-0.25, -0.2) is 14.8 Å². The molecule has 0 spiro atoms. The molecule has 2 fully saturated rings. The maximum atomic E-state index is 12.7. The van der Waals surface area contributed by atoms with Crippen LogP contribution in [-0.4, -0.2) is 59.7 Å². The Kier molecular flexibility index (Phi) is 7.17. The molecule has 2 unspecified atom stereocenters. The molecule has 2 aromatic rings. The van der Waals surface area contributed by atoms with Gasteiger partial charge in [0.1, 0.15) is 0 Å². The summed E-state index contributed by atoms with van der Waals surface area (Å²) in [4.78, 5) is 27.4. The number of nitrogens with one attached hydrogen (secondary N) is 2. The van der Waals surface area contributed by atoms with E-state index in [0.717, 1.165) is 50.9 Å². The molecule has 8 heteroatoms. The Hall–Kier alpha value is -2.19. The molecule has 0 radical (unpaired) electrons. The summed E-state index contributed by atoms with van der Waals surface area (Å²) in [6.07, 6.45) is 7.99. The first-order chi connectivity index (χ1) is 14.7. The molecule has 2 amide bonds. The van der Waals surface area contributed by atoms with Crippen LogP contribution in [0.5, 0.6) is 0 Å². The second kappa shape index (κ2) is 10.2. The van der Waals surface area contributed by atoms with Gasteiger partial charge >= 0.3 is 6.03 Å². The minimum atomic E-state index is -0.0808. The van der Waals surface area contributed by atoms with Crippen molar-refractivity contribution in [1.29, 1.82) is 0 Å². The number of aromatic nitrogens is 2. The third-order valence-electron chi connectivity index (χ3n) is 6.18. The van der Waals surface area contributed by atoms with E-state index in [1.54, 1.807) is 23.7 Å². The minimum absolute atomic E-state index is 0.0808. The average Bonchev–Trinajstić information content (AvgIpc) is 3.30. The fourth-order valence-electron chi connectivity index (χ4n) is 4.39. The van der Waals surface area contributed by atoms with E-state index in [-0.39, 0.29) is 18.1 Å². The van der Waals surface area contributed by atoms with Gasteiger partial charge < -0.3 is 15.5 Å². The zero-order valence-electron chi connectivity index (χ0n) is 17.7. The molecule has 0 aliphatic carbocycles. The predicted molar refractivity (Wildman–Crippen MR) is 121 cm³/mol. The number of hydrogen-bond donors (Lipinski definition) is 2. The SMILES string of the molecule is CC1CCN(C(CNC(=O)NC2CCCN(c3ncccn3)C2)c2cccs2)CC1. The van der Waals surface area contributed by atoms with Crippen LogP contribution in [0, 0.1) is 5.92 Å². The maximum Gasteiger partial charge on any atom is 0.315 e. The van der Waals surface area contributed by atoms with Gasteiger partial charge in [0.15, 0.2) is 0 Å². The molecule has 30 heavy (non-hydrogen) atoms. The summed E-state index contributed by atoms with van der Waals surface area (Å²) in [5, 5.41) is 8.44. The first-order valence-corrected chi connectivity index (χ1v) is 11.9. The molecule has 2 N–H and O–H groups in total. The quantitative estimate of drug-likeness (QED) is 0.739. The topological polar surface area (TPSA) is 73.4 Å². The Morgan fingerprint density at radius 3 is 2.73 bits per heavy atom. The highest BCUT2D eigenvalue weighted by Crippen LogP contribution is 2.29. The third kappa shape index (κ3) is 5.49. The van der Waals surface area contributed by atoms with Gasteiger partial charge in [-0.15, -0.1) is 11.3 Å². The molecule has 4 rings (SSSR count). The number of carbonyl (C=O) groups excluding carboxylic acids is 1. The molecule has 162 valence electrons. The Labute approximate surface area is 182 Å².